The quantitative estimate of drug-likeness (QED) is 0.669. The first-order valence-electron chi connectivity index (χ1n) is 6.65. The molecule has 0 saturated heterocycles. The smallest absolute Gasteiger partial charge is 0.142 e. The van der Waals surface area contributed by atoms with Gasteiger partial charge in [-0.15, -0.1) is 0 Å². The van der Waals surface area contributed by atoms with Crippen LogP contribution in [0.25, 0.3) is 0 Å². The van der Waals surface area contributed by atoms with E-state index < -0.39 is 6.10 Å². The van der Waals surface area contributed by atoms with Crippen molar-refractivity contribution in [3.63, 3.8) is 0 Å². The summed E-state index contributed by atoms with van der Waals surface area (Å²) in [6, 6.07) is 1.47. The highest BCUT2D eigenvalue weighted by atomic mass is 79.9. The summed E-state index contributed by atoms with van der Waals surface area (Å²) in [6.45, 7) is 7.68. The van der Waals surface area contributed by atoms with Crippen LogP contribution in [-0.2, 0) is 0 Å². The maximum Gasteiger partial charge on any atom is 0.142 e. The molecule has 0 spiro atoms. The van der Waals surface area contributed by atoms with Gasteiger partial charge >= 0.3 is 0 Å². The lowest BCUT2D eigenvalue weighted by molar-refractivity contribution is 0.168. The van der Waals surface area contributed by atoms with E-state index in [2.05, 4.69) is 22.5 Å². The standard InChI is InChI=1S/C16H18BrClO3/c1-7(2)9-5-12(19)8(3)4-10(9)14-13(20)6-11(17)15(18)16(14)21/h4,6,9-10,12,19-21H,1,5H2,2-3H3/t9-,10+,12-/m0/s1. The Hall–Kier alpha value is -0.970. The third-order valence-electron chi connectivity index (χ3n) is 4.06. The lowest BCUT2D eigenvalue weighted by Gasteiger charge is -2.34. The molecule has 3 N–H and O–H groups in total. The van der Waals surface area contributed by atoms with Crippen LogP contribution in [0.15, 0.2) is 34.3 Å². The van der Waals surface area contributed by atoms with Gasteiger partial charge in [0.2, 0.25) is 0 Å². The van der Waals surface area contributed by atoms with Gasteiger partial charge in [-0.25, -0.2) is 0 Å². The van der Waals surface area contributed by atoms with E-state index in [9.17, 15) is 15.3 Å². The fourth-order valence-corrected chi connectivity index (χ4v) is 3.38. The minimum Gasteiger partial charge on any atom is -0.507 e. The van der Waals surface area contributed by atoms with E-state index in [0.717, 1.165) is 11.1 Å². The number of aliphatic hydroxyl groups is 1. The molecule has 0 aromatic heterocycles. The lowest BCUT2D eigenvalue weighted by Crippen LogP contribution is -2.26. The first-order valence-corrected chi connectivity index (χ1v) is 7.82. The van der Waals surface area contributed by atoms with Gasteiger partial charge in [-0.05, 0) is 53.8 Å². The summed E-state index contributed by atoms with van der Waals surface area (Å²) in [5, 5.41) is 30.7. The van der Waals surface area contributed by atoms with Gasteiger partial charge in [0, 0.05) is 16.0 Å². The van der Waals surface area contributed by atoms with Crippen molar-refractivity contribution in [1.29, 1.82) is 0 Å². The SMILES string of the molecule is C=C(C)[C@@H]1C[C@H](O)C(C)=C[C@H]1c1c(O)cc(Br)c(Cl)c1O. The number of hydrogen-bond acceptors (Lipinski definition) is 3. The second-order valence-electron chi connectivity index (χ2n) is 5.59. The molecule has 1 aromatic rings. The van der Waals surface area contributed by atoms with Crippen LogP contribution in [0.2, 0.25) is 5.02 Å². The monoisotopic (exact) mass is 372 g/mol. The first-order chi connectivity index (χ1) is 9.73. The predicted molar refractivity (Wildman–Crippen MR) is 87.9 cm³/mol. The highest BCUT2D eigenvalue weighted by Gasteiger charge is 2.34. The van der Waals surface area contributed by atoms with E-state index in [1.165, 1.54) is 6.07 Å². The number of aliphatic hydroxyl groups excluding tert-OH is 1. The van der Waals surface area contributed by atoms with Gasteiger partial charge in [0.1, 0.15) is 11.5 Å². The number of phenols is 2. The van der Waals surface area contributed by atoms with Crippen molar-refractivity contribution in [3.05, 3.63) is 44.9 Å². The largest absolute Gasteiger partial charge is 0.507 e. The van der Waals surface area contributed by atoms with Gasteiger partial charge in [0.05, 0.1) is 11.1 Å². The van der Waals surface area contributed by atoms with Crippen LogP contribution in [-0.4, -0.2) is 21.4 Å². The van der Waals surface area contributed by atoms with Crippen molar-refractivity contribution in [2.24, 2.45) is 5.92 Å². The number of allylic oxidation sites excluding steroid dienone is 2. The van der Waals surface area contributed by atoms with E-state index in [4.69, 9.17) is 11.6 Å². The second-order valence-corrected chi connectivity index (χ2v) is 6.83. The van der Waals surface area contributed by atoms with Crippen molar-refractivity contribution >= 4 is 27.5 Å². The fourth-order valence-electron chi connectivity index (χ4n) is 2.82. The van der Waals surface area contributed by atoms with Crippen LogP contribution in [0.3, 0.4) is 0 Å². The minimum atomic E-state index is -0.529. The summed E-state index contributed by atoms with van der Waals surface area (Å²) in [5.74, 6) is -0.505. The summed E-state index contributed by atoms with van der Waals surface area (Å²) < 4.78 is 0.436. The first kappa shape index (κ1) is 16.4. The number of hydrogen-bond donors (Lipinski definition) is 3. The number of aromatic hydroxyl groups is 2. The van der Waals surface area contributed by atoms with E-state index >= 15 is 0 Å². The third kappa shape index (κ3) is 2.98. The van der Waals surface area contributed by atoms with Crippen LogP contribution >= 0.6 is 27.5 Å². The zero-order valence-electron chi connectivity index (χ0n) is 11.9. The maximum atomic E-state index is 10.3. The third-order valence-corrected chi connectivity index (χ3v) is 5.29. The Labute approximate surface area is 137 Å². The molecule has 0 heterocycles. The molecule has 1 aromatic carbocycles. The van der Waals surface area contributed by atoms with Crippen LogP contribution in [0.4, 0.5) is 0 Å². The van der Waals surface area contributed by atoms with E-state index in [0.29, 0.717) is 16.5 Å². The van der Waals surface area contributed by atoms with Crippen molar-refractivity contribution < 1.29 is 15.3 Å². The highest BCUT2D eigenvalue weighted by Crippen LogP contribution is 2.49. The molecule has 21 heavy (non-hydrogen) atoms. The van der Waals surface area contributed by atoms with Gasteiger partial charge in [-0.2, -0.15) is 0 Å². The average Bonchev–Trinajstić information content (AvgIpc) is 2.39. The van der Waals surface area contributed by atoms with Crippen molar-refractivity contribution in [1.82, 2.24) is 0 Å². The Morgan fingerprint density at radius 3 is 2.62 bits per heavy atom. The van der Waals surface area contributed by atoms with Crippen molar-refractivity contribution in [2.45, 2.75) is 32.3 Å². The molecule has 2 rings (SSSR count). The topological polar surface area (TPSA) is 60.7 Å². The Bertz CT molecular complexity index is 624. The number of benzene rings is 1. The van der Waals surface area contributed by atoms with Gasteiger partial charge in [0.25, 0.3) is 0 Å². The normalized spacial score (nSPS) is 25.6. The molecule has 1 aliphatic rings. The molecule has 0 amide bonds. The van der Waals surface area contributed by atoms with E-state index in [1.807, 2.05) is 19.9 Å². The predicted octanol–water partition coefficient (Wildman–Crippen LogP) is 4.50. The number of phenolic OH excluding ortho intramolecular Hbond substituents is 2. The molecule has 0 unspecified atom stereocenters. The molecule has 3 nitrogen and oxygen atoms in total. The summed E-state index contributed by atoms with van der Waals surface area (Å²) in [5.41, 5.74) is 2.08. The molecule has 114 valence electrons. The Kier molecular flexibility index (Phi) is 4.71. The molecule has 0 bridgehead atoms. The Balaban J connectivity index is 2.63. The molecular formula is C16H18BrClO3. The lowest BCUT2D eigenvalue weighted by atomic mass is 9.73. The zero-order chi connectivity index (χ0) is 15.9. The van der Waals surface area contributed by atoms with Gasteiger partial charge in [0.15, 0.2) is 0 Å². The second kappa shape index (κ2) is 6.03. The molecule has 3 atom stereocenters. The molecule has 5 heteroatoms. The molecular weight excluding hydrogens is 356 g/mol. The van der Waals surface area contributed by atoms with E-state index in [-0.39, 0.29) is 28.4 Å². The summed E-state index contributed by atoms with van der Waals surface area (Å²) in [4.78, 5) is 0. The van der Waals surface area contributed by atoms with Gasteiger partial charge < -0.3 is 15.3 Å². The summed E-state index contributed by atoms with van der Waals surface area (Å²) >= 11 is 9.26. The molecule has 0 fully saturated rings. The van der Waals surface area contributed by atoms with Crippen LogP contribution in [0.5, 0.6) is 11.5 Å². The number of halogens is 2. The molecule has 0 aliphatic heterocycles. The Morgan fingerprint density at radius 1 is 1.43 bits per heavy atom. The molecule has 1 aliphatic carbocycles. The molecule has 0 radical (unpaired) electrons. The van der Waals surface area contributed by atoms with Crippen molar-refractivity contribution in [2.75, 3.05) is 0 Å². The van der Waals surface area contributed by atoms with Crippen LogP contribution in [0.1, 0.15) is 31.7 Å². The fraction of sp³-hybridized carbons (Fsp3) is 0.375. The highest BCUT2D eigenvalue weighted by molar-refractivity contribution is 9.10. The van der Waals surface area contributed by atoms with Crippen LogP contribution < -0.4 is 0 Å². The number of rotatable bonds is 2. The van der Waals surface area contributed by atoms with Gasteiger partial charge in [-0.1, -0.05) is 29.8 Å². The minimum absolute atomic E-state index is 0.0273. The maximum absolute atomic E-state index is 10.3. The summed E-state index contributed by atoms with van der Waals surface area (Å²) in [6.07, 6.45) is 1.85. The Morgan fingerprint density at radius 2 is 2.05 bits per heavy atom. The van der Waals surface area contributed by atoms with Crippen LogP contribution in [0, 0.1) is 5.92 Å². The van der Waals surface area contributed by atoms with Crippen molar-refractivity contribution in [3.8, 4) is 11.5 Å². The summed E-state index contributed by atoms with van der Waals surface area (Å²) in [7, 11) is 0. The zero-order valence-corrected chi connectivity index (χ0v) is 14.2. The van der Waals surface area contributed by atoms with Gasteiger partial charge in [-0.3, -0.25) is 0 Å². The average molecular weight is 374 g/mol. The molecule has 0 saturated carbocycles. The van der Waals surface area contributed by atoms with E-state index in [1.54, 1.807) is 0 Å².